The summed E-state index contributed by atoms with van der Waals surface area (Å²) < 4.78 is 0. The van der Waals surface area contributed by atoms with Gasteiger partial charge in [-0.2, -0.15) is 0 Å². The smallest absolute Gasteiger partial charge is 0.0705 e. The number of aromatic nitrogens is 1. The third kappa shape index (κ3) is 3.60. The van der Waals surface area contributed by atoms with Crippen molar-refractivity contribution >= 4 is 10.9 Å². The Hall–Kier alpha value is -1.45. The lowest BCUT2D eigenvalue weighted by molar-refractivity contribution is 0.173. The number of pyridine rings is 1. The van der Waals surface area contributed by atoms with Gasteiger partial charge in [-0.3, -0.25) is 9.88 Å². The van der Waals surface area contributed by atoms with Crippen LogP contribution in [0.25, 0.3) is 10.9 Å². The molecule has 2 aromatic rings. The monoisotopic (exact) mass is 283 g/mol. The molecule has 3 nitrogen and oxygen atoms in total. The Kier molecular flexibility index (Phi) is 4.84. The number of nitrogens with zero attached hydrogens (tertiary/aromatic N) is 2. The lowest BCUT2D eigenvalue weighted by Gasteiger charge is -2.32. The second-order valence-electron chi connectivity index (χ2n) is 6.10. The molecular formula is C18H25N3. The molecule has 1 fully saturated rings. The van der Waals surface area contributed by atoms with E-state index in [1.165, 1.54) is 43.3 Å². The molecule has 0 radical (unpaired) electrons. The fourth-order valence-corrected chi connectivity index (χ4v) is 3.32. The van der Waals surface area contributed by atoms with Crippen LogP contribution in [-0.2, 0) is 6.54 Å². The van der Waals surface area contributed by atoms with Crippen LogP contribution in [-0.4, -0.2) is 36.6 Å². The standard InChI is InChI=1S/C18H25N3/c1-19-10-6-15-8-12-21(13-9-15)14-16-7-11-20-18-5-3-2-4-17(16)18/h2-5,7,11,15,19H,6,8-10,12-14H2,1H3. The molecule has 2 heterocycles. The van der Waals surface area contributed by atoms with E-state index in [1.54, 1.807) is 0 Å². The largest absolute Gasteiger partial charge is 0.320 e. The number of nitrogens with one attached hydrogen (secondary N) is 1. The minimum atomic E-state index is 0.905. The number of benzene rings is 1. The summed E-state index contributed by atoms with van der Waals surface area (Å²) >= 11 is 0. The zero-order chi connectivity index (χ0) is 14.5. The van der Waals surface area contributed by atoms with Crippen molar-refractivity contribution in [2.24, 2.45) is 5.92 Å². The summed E-state index contributed by atoms with van der Waals surface area (Å²) in [5.74, 6) is 0.905. The Morgan fingerprint density at radius 3 is 2.81 bits per heavy atom. The Labute approximate surface area is 127 Å². The van der Waals surface area contributed by atoms with Gasteiger partial charge in [0, 0.05) is 18.1 Å². The van der Waals surface area contributed by atoms with Gasteiger partial charge >= 0.3 is 0 Å². The van der Waals surface area contributed by atoms with Gasteiger partial charge in [0.1, 0.15) is 0 Å². The van der Waals surface area contributed by atoms with Crippen LogP contribution in [0.1, 0.15) is 24.8 Å². The Bertz CT molecular complexity index is 568. The van der Waals surface area contributed by atoms with Gasteiger partial charge in [-0.15, -0.1) is 0 Å². The average molecular weight is 283 g/mol. The summed E-state index contributed by atoms with van der Waals surface area (Å²) in [6.45, 7) is 4.66. The fraction of sp³-hybridized carbons (Fsp3) is 0.500. The van der Waals surface area contributed by atoms with Gasteiger partial charge in [0.25, 0.3) is 0 Å². The third-order valence-electron chi connectivity index (χ3n) is 4.64. The Balaban J connectivity index is 1.62. The Morgan fingerprint density at radius 1 is 1.19 bits per heavy atom. The summed E-state index contributed by atoms with van der Waals surface area (Å²) in [5, 5.41) is 4.57. The molecule has 1 N–H and O–H groups in total. The van der Waals surface area contributed by atoms with Gasteiger partial charge in [0.05, 0.1) is 5.52 Å². The van der Waals surface area contributed by atoms with E-state index in [0.29, 0.717) is 0 Å². The second-order valence-corrected chi connectivity index (χ2v) is 6.10. The lowest BCUT2D eigenvalue weighted by atomic mass is 9.93. The zero-order valence-electron chi connectivity index (χ0n) is 12.9. The first-order chi connectivity index (χ1) is 10.4. The van der Waals surface area contributed by atoms with Gasteiger partial charge in [-0.25, -0.2) is 0 Å². The average Bonchev–Trinajstić information content (AvgIpc) is 2.55. The second kappa shape index (κ2) is 7.01. The molecule has 0 spiro atoms. The predicted octanol–water partition coefficient (Wildman–Crippen LogP) is 3.06. The van der Waals surface area contributed by atoms with Crippen LogP contribution in [0, 0.1) is 5.92 Å². The van der Waals surface area contributed by atoms with Crippen molar-refractivity contribution in [1.29, 1.82) is 0 Å². The van der Waals surface area contributed by atoms with Crippen molar-refractivity contribution in [1.82, 2.24) is 15.2 Å². The fourth-order valence-electron chi connectivity index (χ4n) is 3.32. The molecular weight excluding hydrogens is 258 g/mol. The van der Waals surface area contributed by atoms with Crippen molar-refractivity contribution in [3.8, 4) is 0 Å². The molecule has 0 unspecified atom stereocenters. The molecule has 1 aliphatic heterocycles. The van der Waals surface area contributed by atoms with E-state index in [9.17, 15) is 0 Å². The topological polar surface area (TPSA) is 28.2 Å². The van der Waals surface area contributed by atoms with E-state index >= 15 is 0 Å². The van der Waals surface area contributed by atoms with Crippen molar-refractivity contribution in [3.05, 3.63) is 42.1 Å². The highest BCUT2D eigenvalue weighted by atomic mass is 15.1. The maximum absolute atomic E-state index is 4.46. The van der Waals surface area contributed by atoms with Crippen molar-refractivity contribution in [2.45, 2.75) is 25.8 Å². The normalized spacial score (nSPS) is 17.4. The molecule has 112 valence electrons. The Morgan fingerprint density at radius 2 is 2.00 bits per heavy atom. The highest BCUT2D eigenvalue weighted by Crippen LogP contribution is 2.23. The third-order valence-corrected chi connectivity index (χ3v) is 4.64. The minimum Gasteiger partial charge on any atom is -0.320 e. The summed E-state index contributed by atoms with van der Waals surface area (Å²) in [7, 11) is 2.05. The molecule has 21 heavy (non-hydrogen) atoms. The van der Waals surface area contributed by atoms with Crippen LogP contribution in [0.3, 0.4) is 0 Å². The molecule has 0 amide bonds. The molecule has 3 rings (SSSR count). The van der Waals surface area contributed by atoms with Gasteiger partial charge in [0.15, 0.2) is 0 Å². The van der Waals surface area contributed by atoms with E-state index in [4.69, 9.17) is 0 Å². The first-order valence-corrected chi connectivity index (χ1v) is 8.06. The molecule has 0 saturated carbocycles. The number of piperidine rings is 1. The highest BCUT2D eigenvalue weighted by Gasteiger charge is 2.19. The summed E-state index contributed by atoms with van der Waals surface area (Å²) in [6.07, 6.45) is 5.94. The summed E-state index contributed by atoms with van der Waals surface area (Å²) in [6, 6.07) is 10.6. The van der Waals surface area contributed by atoms with Crippen LogP contribution >= 0.6 is 0 Å². The minimum absolute atomic E-state index is 0.905. The molecule has 1 aromatic carbocycles. The van der Waals surface area contributed by atoms with Crippen molar-refractivity contribution < 1.29 is 0 Å². The van der Waals surface area contributed by atoms with Gasteiger partial charge in [-0.05, 0) is 69.6 Å². The van der Waals surface area contributed by atoms with E-state index in [0.717, 1.165) is 24.5 Å². The van der Waals surface area contributed by atoms with Gasteiger partial charge < -0.3 is 5.32 Å². The van der Waals surface area contributed by atoms with E-state index in [1.807, 2.05) is 13.2 Å². The van der Waals surface area contributed by atoms with Crippen LogP contribution in [0.15, 0.2) is 36.5 Å². The predicted molar refractivity (Wildman–Crippen MR) is 88.3 cm³/mol. The van der Waals surface area contributed by atoms with Crippen molar-refractivity contribution in [3.63, 3.8) is 0 Å². The van der Waals surface area contributed by atoms with Crippen LogP contribution in [0.5, 0.6) is 0 Å². The highest BCUT2D eigenvalue weighted by molar-refractivity contribution is 5.81. The number of likely N-dealkylation sites (tertiary alicyclic amines) is 1. The molecule has 1 aliphatic rings. The SMILES string of the molecule is CNCCC1CCN(Cc2ccnc3ccccc23)CC1. The van der Waals surface area contributed by atoms with Gasteiger partial charge in [-0.1, -0.05) is 18.2 Å². The first-order valence-electron chi connectivity index (χ1n) is 8.06. The van der Waals surface area contributed by atoms with Crippen LogP contribution in [0.2, 0.25) is 0 Å². The molecule has 1 aromatic heterocycles. The maximum Gasteiger partial charge on any atom is 0.0705 e. The lowest BCUT2D eigenvalue weighted by Crippen LogP contribution is -2.34. The van der Waals surface area contributed by atoms with E-state index in [-0.39, 0.29) is 0 Å². The van der Waals surface area contributed by atoms with Crippen molar-refractivity contribution in [2.75, 3.05) is 26.7 Å². The molecule has 1 saturated heterocycles. The van der Waals surface area contributed by atoms with E-state index < -0.39 is 0 Å². The van der Waals surface area contributed by atoms with Crippen LogP contribution < -0.4 is 5.32 Å². The number of hydrogen-bond donors (Lipinski definition) is 1. The molecule has 0 atom stereocenters. The number of rotatable bonds is 5. The quantitative estimate of drug-likeness (QED) is 0.914. The summed E-state index contributed by atoms with van der Waals surface area (Å²) in [5.41, 5.74) is 2.52. The number of para-hydroxylation sites is 1. The molecule has 0 bridgehead atoms. The number of fused-ring (bicyclic) bond motifs is 1. The molecule has 0 aliphatic carbocycles. The summed E-state index contributed by atoms with van der Waals surface area (Å²) in [4.78, 5) is 7.05. The van der Waals surface area contributed by atoms with E-state index in [2.05, 4.69) is 45.5 Å². The van der Waals surface area contributed by atoms with Gasteiger partial charge in [0.2, 0.25) is 0 Å². The number of hydrogen-bond acceptors (Lipinski definition) is 3. The van der Waals surface area contributed by atoms with Crippen LogP contribution in [0.4, 0.5) is 0 Å². The first kappa shape index (κ1) is 14.5. The maximum atomic E-state index is 4.46. The molecule has 3 heteroatoms. The zero-order valence-corrected chi connectivity index (χ0v) is 12.9.